The predicted octanol–water partition coefficient (Wildman–Crippen LogP) is 1.22. The van der Waals surface area contributed by atoms with E-state index in [1.807, 2.05) is 0 Å². The number of likely N-dealkylation sites (tertiary alicyclic amines) is 1. The van der Waals surface area contributed by atoms with Gasteiger partial charge in [-0.1, -0.05) is 0 Å². The van der Waals surface area contributed by atoms with Gasteiger partial charge in [-0.25, -0.2) is 0 Å². The van der Waals surface area contributed by atoms with E-state index in [1.54, 1.807) is 24.3 Å². The Balaban J connectivity index is 1.36. The van der Waals surface area contributed by atoms with Crippen LogP contribution in [0, 0.1) is 11.8 Å². The number of rotatable bonds is 7. The van der Waals surface area contributed by atoms with Gasteiger partial charge < -0.3 is 21.1 Å². The number of carbonyl (C=O) groups excluding carboxylic acids is 1. The van der Waals surface area contributed by atoms with Gasteiger partial charge in [-0.3, -0.25) is 4.79 Å². The first kappa shape index (κ1) is 15.3. The molecule has 1 saturated heterocycles. The van der Waals surface area contributed by atoms with E-state index >= 15 is 0 Å². The molecule has 1 aromatic carbocycles. The highest BCUT2D eigenvalue weighted by Crippen LogP contribution is 2.40. The smallest absolute Gasteiger partial charge is 0.248 e. The van der Waals surface area contributed by atoms with Crippen molar-refractivity contribution in [3.05, 3.63) is 29.8 Å². The summed E-state index contributed by atoms with van der Waals surface area (Å²) in [7, 11) is 0. The lowest BCUT2D eigenvalue weighted by molar-refractivity contribution is 0.100. The maximum Gasteiger partial charge on any atom is 0.248 e. The second-order valence-corrected chi connectivity index (χ2v) is 6.52. The number of hydrogen-bond acceptors (Lipinski definition) is 4. The van der Waals surface area contributed by atoms with Crippen LogP contribution in [0.1, 0.15) is 29.6 Å². The van der Waals surface area contributed by atoms with Crippen LogP contribution in [0.15, 0.2) is 24.3 Å². The van der Waals surface area contributed by atoms with Crippen molar-refractivity contribution in [3.63, 3.8) is 0 Å². The number of nitrogens with zero attached hydrogens (tertiary/aromatic N) is 1. The van der Waals surface area contributed by atoms with Crippen molar-refractivity contribution in [1.29, 1.82) is 0 Å². The highest BCUT2D eigenvalue weighted by molar-refractivity contribution is 5.92. The molecule has 22 heavy (non-hydrogen) atoms. The van der Waals surface area contributed by atoms with E-state index in [1.165, 1.54) is 12.8 Å². The van der Waals surface area contributed by atoms with Gasteiger partial charge in [0.2, 0.25) is 5.91 Å². The largest absolute Gasteiger partial charge is 0.494 e. The second kappa shape index (κ2) is 6.67. The van der Waals surface area contributed by atoms with Crippen molar-refractivity contribution in [1.82, 2.24) is 4.90 Å². The zero-order valence-corrected chi connectivity index (χ0v) is 12.9. The SMILES string of the molecule is NC(=O)c1ccc(OCCCN2C[C@H](C3CC3)[C@@H](N)C2)cc1. The fourth-order valence-corrected chi connectivity index (χ4v) is 3.34. The lowest BCUT2D eigenvalue weighted by atomic mass is 9.99. The minimum atomic E-state index is -0.415. The van der Waals surface area contributed by atoms with Gasteiger partial charge >= 0.3 is 0 Å². The molecule has 2 fully saturated rings. The topological polar surface area (TPSA) is 81.6 Å². The van der Waals surface area contributed by atoms with Gasteiger partial charge in [0.25, 0.3) is 0 Å². The monoisotopic (exact) mass is 303 g/mol. The number of ether oxygens (including phenoxy) is 1. The molecule has 1 heterocycles. The summed E-state index contributed by atoms with van der Waals surface area (Å²) < 4.78 is 5.70. The minimum Gasteiger partial charge on any atom is -0.494 e. The maximum absolute atomic E-state index is 11.0. The molecular weight excluding hydrogens is 278 g/mol. The van der Waals surface area contributed by atoms with Crippen LogP contribution < -0.4 is 16.2 Å². The van der Waals surface area contributed by atoms with Crippen LogP contribution in [-0.4, -0.2) is 43.1 Å². The number of amides is 1. The fraction of sp³-hybridized carbons (Fsp3) is 0.588. The zero-order chi connectivity index (χ0) is 15.5. The van der Waals surface area contributed by atoms with E-state index in [0.29, 0.717) is 24.1 Å². The molecular formula is C17H25N3O2. The summed E-state index contributed by atoms with van der Waals surface area (Å²) in [5, 5.41) is 0. The lowest BCUT2D eigenvalue weighted by Gasteiger charge is -2.15. The van der Waals surface area contributed by atoms with Gasteiger partial charge in [0.1, 0.15) is 5.75 Å². The van der Waals surface area contributed by atoms with Crippen LogP contribution in [0.25, 0.3) is 0 Å². The summed E-state index contributed by atoms with van der Waals surface area (Å²) in [5.41, 5.74) is 11.9. The van der Waals surface area contributed by atoms with Crippen LogP contribution in [0.3, 0.4) is 0 Å². The van der Waals surface area contributed by atoms with Gasteiger partial charge in [-0.15, -0.1) is 0 Å². The second-order valence-electron chi connectivity index (χ2n) is 6.52. The maximum atomic E-state index is 11.0. The van der Waals surface area contributed by atoms with Crippen molar-refractivity contribution in [2.24, 2.45) is 23.3 Å². The molecule has 1 saturated carbocycles. The molecule has 3 rings (SSSR count). The molecule has 1 aliphatic heterocycles. The van der Waals surface area contributed by atoms with Crippen LogP contribution in [0.4, 0.5) is 0 Å². The Morgan fingerprint density at radius 2 is 1.95 bits per heavy atom. The normalized spacial score (nSPS) is 25.3. The fourth-order valence-electron chi connectivity index (χ4n) is 3.34. The predicted molar refractivity (Wildman–Crippen MR) is 85.7 cm³/mol. The van der Waals surface area contributed by atoms with Crippen LogP contribution in [-0.2, 0) is 0 Å². The van der Waals surface area contributed by atoms with E-state index in [4.69, 9.17) is 16.2 Å². The van der Waals surface area contributed by atoms with Gasteiger partial charge in [-0.05, 0) is 55.4 Å². The van der Waals surface area contributed by atoms with Crippen molar-refractivity contribution in [2.45, 2.75) is 25.3 Å². The third-order valence-corrected chi connectivity index (χ3v) is 4.74. The van der Waals surface area contributed by atoms with Crippen molar-refractivity contribution >= 4 is 5.91 Å². The molecule has 0 bridgehead atoms. The Hall–Kier alpha value is -1.59. The van der Waals surface area contributed by atoms with E-state index < -0.39 is 5.91 Å². The number of benzene rings is 1. The van der Waals surface area contributed by atoms with Gasteiger partial charge in [-0.2, -0.15) is 0 Å². The molecule has 2 aliphatic rings. The molecule has 0 aromatic heterocycles. The summed E-state index contributed by atoms with van der Waals surface area (Å²) in [5.74, 6) is 1.96. The molecule has 4 N–H and O–H groups in total. The summed E-state index contributed by atoms with van der Waals surface area (Å²) in [6.45, 7) is 3.89. The molecule has 0 radical (unpaired) electrons. The number of nitrogens with two attached hydrogens (primary N) is 2. The van der Waals surface area contributed by atoms with Crippen molar-refractivity contribution < 1.29 is 9.53 Å². The molecule has 5 nitrogen and oxygen atoms in total. The highest BCUT2D eigenvalue weighted by Gasteiger charge is 2.40. The Labute approximate surface area is 131 Å². The first-order valence-electron chi connectivity index (χ1n) is 8.14. The molecule has 1 aromatic rings. The quantitative estimate of drug-likeness (QED) is 0.742. The average molecular weight is 303 g/mol. The van der Waals surface area contributed by atoms with Crippen LogP contribution in [0.2, 0.25) is 0 Å². The number of hydrogen-bond donors (Lipinski definition) is 2. The Morgan fingerprint density at radius 3 is 2.59 bits per heavy atom. The molecule has 0 spiro atoms. The van der Waals surface area contributed by atoms with Gasteiger partial charge in [0.15, 0.2) is 0 Å². The van der Waals surface area contributed by atoms with Crippen LogP contribution in [0.5, 0.6) is 5.75 Å². The average Bonchev–Trinajstić information content (AvgIpc) is 3.28. The molecule has 0 unspecified atom stereocenters. The Kier molecular flexibility index (Phi) is 4.64. The molecule has 1 amide bonds. The van der Waals surface area contributed by atoms with Crippen LogP contribution >= 0.6 is 0 Å². The van der Waals surface area contributed by atoms with E-state index in [9.17, 15) is 4.79 Å². The molecule has 2 atom stereocenters. The standard InChI is InChI=1S/C17H25N3O2/c18-16-11-20(10-15(16)12-2-3-12)8-1-9-22-14-6-4-13(5-7-14)17(19)21/h4-7,12,15-16H,1-3,8-11,18H2,(H2,19,21)/t15-,16+/m1/s1. The molecule has 5 heteroatoms. The number of primary amides is 1. The third-order valence-electron chi connectivity index (χ3n) is 4.74. The summed E-state index contributed by atoms with van der Waals surface area (Å²) in [6, 6.07) is 7.31. The van der Waals surface area contributed by atoms with Crippen molar-refractivity contribution in [3.8, 4) is 5.75 Å². The van der Waals surface area contributed by atoms with E-state index in [0.717, 1.165) is 37.7 Å². The Morgan fingerprint density at radius 1 is 1.23 bits per heavy atom. The Bertz CT molecular complexity index is 513. The van der Waals surface area contributed by atoms with Crippen molar-refractivity contribution in [2.75, 3.05) is 26.2 Å². The highest BCUT2D eigenvalue weighted by atomic mass is 16.5. The van der Waals surface area contributed by atoms with Gasteiger partial charge in [0.05, 0.1) is 6.61 Å². The molecule has 1 aliphatic carbocycles. The van der Waals surface area contributed by atoms with Gasteiger partial charge in [0, 0.05) is 31.2 Å². The number of carbonyl (C=O) groups is 1. The van der Waals surface area contributed by atoms with E-state index in [-0.39, 0.29) is 0 Å². The lowest BCUT2D eigenvalue weighted by Crippen LogP contribution is -2.30. The minimum absolute atomic E-state index is 0.356. The molecule has 120 valence electrons. The summed E-state index contributed by atoms with van der Waals surface area (Å²) in [4.78, 5) is 13.5. The zero-order valence-electron chi connectivity index (χ0n) is 12.9. The van der Waals surface area contributed by atoms with E-state index in [2.05, 4.69) is 4.90 Å². The summed E-state index contributed by atoms with van der Waals surface area (Å²) in [6.07, 6.45) is 3.73. The summed E-state index contributed by atoms with van der Waals surface area (Å²) >= 11 is 0. The third kappa shape index (κ3) is 3.78. The first-order chi connectivity index (χ1) is 10.6. The first-order valence-corrected chi connectivity index (χ1v) is 8.14.